The second-order valence-electron chi connectivity index (χ2n) is 11.4. The molecule has 1 fully saturated rings. The van der Waals surface area contributed by atoms with E-state index in [2.05, 4.69) is 27.1 Å². The molecule has 220 valence electrons. The van der Waals surface area contributed by atoms with Gasteiger partial charge in [0.2, 0.25) is 5.91 Å². The van der Waals surface area contributed by atoms with Gasteiger partial charge in [-0.05, 0) is 62.6 Å². The lowest BCUT2D eigenvalue weighted by Gasteiger charge is -2.47. The molecule has 0 bridgehead atoms. The summed E-state index contributed by atoms with van der Waals surface area (Å²) in [7, 11) is 1.77. The average Bonchev–Trinajstić information content (AvgIpc) is 3.36. The van der Waals surface area contributed by atoms with Crippen molar-refractivity contribution < 1.29 is 18.3 Å². The molecule has 1 aliphatic rings. The normalized spacial score (nSPS) is 14.7. The van der Waals surface area contributed by atoms with Gasteiger partial charge in [-0.3, -0.25) is 4.79 Å². The van der Waals surface area contributed by atoms with Crippen molar-refractivity contribution in [3.63, 3.8) is 0 Å². The molecule has 1 amide bonds. The maximum absolute atomic E-state index is 15.7. The molecular formula is C33H32F2N6O2. The lowest BCUT2D eigenvalue weighted by atomic mass is 9.97. The molecular weight excluding hydrogens is 550 g/mol. The fourth-order valence-electron chi connectivity index (χ4n) is 5.76. The van der Waals surface area contributed by atoms with Crippen LogP contribution in [0.1, 0.15) is 19.4 Å². The van der Waals surface area contributed by atoms with Gasteiger partial charge in [-0.1, -0.05) is 30.0 Å². The van der Waals surface area contributed by atoms with Gasteiger partial charge in [-0.25, -0.2) is 13.5 Å². The molecule has 0 atom stereocenters. The van der Waals surface area contributed by atoms with Gasteiger partial charge in [0.15, 0.2) is 17.4 Å². The van der Waals surface area contributed by atoms with Crippen LogP contribution in [0.15, 0.2) is 73.3 Å². The van der Waals surface area contributed by atoms with E-state index in [0.717, 1.165) is 28.0 Å². The molecule has 2 heterocycles. The first-order valence-corrected chi connectivity index (χ1v) is 14.0. The molecule has 0 spiro atoms. The minimum atomic E-state index is -0.698. The van der Waals surface area contributed by atoms with Gasteiger partial charge in [-0.15, -0.1) is 5.10 Å². The molecule has 0 saturated carbocycles. The number of carbonyl (C=O) groups is 1. The highest BCUT2D eigenvalue weighted by atomic mass is 19.1. The number of piperazine rings is 1. The minimum Gasteiger partial charge on any atom is -0.454 e. The number of nitrogens with zero attached hydrogens (tertiary/aromatic N) is 5. The number of amides is 1. The Morgan fingerprint density at radius 2 is 1.88 bits per heavy atom. The van der Waals surface area contributed by atoms with Crippen LogP contribution in [0, 0.1) is 18.6 Å². The van der Waals surface area contributed by atoms with Gasteiger partial charge in [0.25, 0.3) is 0 Å². The van der Waals surface area contributed by atoms with E-state index in [-0.39, 0.29) is 22.9 Å². The SMILES string of the molecule is C=CC(=O)N1CCN(c2ccc3cccc(Nc4cc(F)c(Oc5ccc6c(c5)nnn6C)c(C)c4F)c3c2)CC1(C)C. The fraction of sp³-hybridized carbons (Fsp3) is 0.242. The van der Waals surface area contributed by atoms with Crippen molar-refractivity contribution in [1.29, 1.82) is 0 Å². The maximum atomic E-state index is 15.7. The Labute approximate surface area is 248 Å². The van der Waals surface area contributed by atoms with Gasteiger partial charge in [-0.2, -0.15) is 0 Å². The molecule has 1 saturated heterocycles. The van der Waals surface area contributed by atoms with Crippen LogP contribution in [0.5, 0.6) is 11.5 Å². The first-order valence-electron chi connectivity index (χ1n) is 14.0. The number of rotatable bonds is 6. The van der Waals surface area contributed by atoms with E-state index >= 15 is 8.78 Å². The van der Waals surface area contributed by atoms with Crippen LogP contribution in [0.3, 0.4) is 0 Å². The number of benzene rings is 4. The van der Waals surface area contributed by atoms with E-state index in [4.69, 9.17) is 4.74 Å². The molecule has 0 radical (unpaired) electrons. The zero-order valence-corrected chi connectivity index (χ0v) is 24.5. The van der Waals surface area contributed by atoms with Crippen molar-refractivity contribution in [3.8, 4) is 11.5 Å². The number of nitrogens with one attached hydrogen (secondary N) is 1. The quantitative estimate of drug-likeness (QED) is 0.221. The predicted molar refractivity (Wildman–Crippen MR) is 165 cm³/mol. The molecule has 0 aliphatic carbocycles. The van der Waals surface area contributed by atoms with Crippen molar-refractivity contribution >= 4 is 44.8 Å². The molecule has 43 heavy (non-hydrogen) atoms. The number of anilines is 3. The summed E-state index contributed by atoms with van der Waals surface area (Å²) in [6, 6.07) is 18.0. The van der Waals surface area contributed by atoms with Gasteiger partial charge < -0.3 is 19.9 Å². The Balaban J connectivity index is 1.29. The molecule has 5 aromatic rings. The molecule has 1 aliphatic heterocycles. The summed E-state index contributed by atoms with van der Waals surface area (Å²) in [6.45, 7) is 11.1. The van der Waals surface area contributed by atoms with Crippen molar-refractivity contribution in [2.24, 2.45) is 7.05 Å². The molecule has 0 unspecified atom stereocenters. The van der Waals surface area contributed by atoms with Crippen LogP contribution >= 0.6 is 0 Å². The van der Waals surface area contributed by atoms with Gasteiger partial charge in [0.05, 0.1) is 16.7 Å². The number of fused-ring (bicyclic) bond motifs is 2. The number of hydrogen-bond donors (Lipinski definition) is 1. The van der Waals surface area contributed by atoms with E-state index in [0.29, 0.717) is 36.6 Å². The van der Waals surface area contributed by atoms with E-state index in [1.807, 2.05) is 55.1 Å². The number of ether oxygens (including phenoxy) is 1. The van der Waals surface area contributed by atoms with Gasteiger partial charge in [0, 0.05) is 61.1 Å². The highest BCUT2D eigenvalue weighted by Gasteiger charge is 2.36. The van der Waals surface area contributed by atoms with Crippen LogP contribution in [0.4, 0.5) is 25.8 Å². The number of halogens is 2. The molecule has 10 heteroatoms. The summed E-state index contributed by atoms with van der Waals surface area (Å²) in [4.78, 5) is 16.4. The third kappa shape index (κ3) is 5.13. The van der Waals surface area contributed by atoms with Gasteiger partial charge in [0.1, 0.15) is 11.3 Å². The highest BCUT2D eigenvalue weighted by molar-refractivity contribution is 5.97. The first kappa shape index (κ1) is 28.1. The molecule has 4 aromatic carbocycles. The van der Waals surface area contributed by atoms with Crippen LogP contribution < -0.4 is 15.0 Å². The van der Waals surface area contributed by atoms with Crippen LogP contribution in [0.25, 0.3) is 21.8 Å². The Morgan fingerprint density at radius 1 is 1.07 bits per heavy atom. The second kappa shape index (κ2) is 10.7. The Morgan fingerprint density at radius 3 is 2.65 bits per heavy atom. The summed E-state index contributed by atoms with van der Waals surface area (Å²) in [5.74, 6) is -1.26. The zero-order valence-electron chi connectivity index (χ0n) is 24.5. The fourth-order valence-corrected chi connectivity index (χ4v) is 5.76. The van der Waals surface area contributed by atoms with Crippen molar-refractivity contribution in [1.82, 2.24) is 19.9 Å². The third-order valence-corrected chi connectivity index (χ3v) is 8.04. The van der Waals surface area contributed by atoms with E-state index in [1.54, 1.807) is 29.9 Å². The summed E-state index contributed by atoms with van der Waals surface area (Å²) < 4.78 is 38.5. The Kier molecular flexibility index (Phi) is 7.00. The lowest BCUT2D eigenvalue weighted by molar-refractivity contribution is -0.131. The highest BCUT2D eigenvalue weighted by Crippen LogP contribution is 2.37. The van der Waals surface area contributed by atoms with E-state index in [1.165, 1.54) is 13.0 Å². The van der Waals surface area contributed by atoms with Crippen LogP contribution in [-0.2, 0) is 11.8 Å². The lowest BCUT2D eigenvalue weighted by Crippen LogP contribution is -2.60. The smallest absolute Gasteiger partial charge is 0.246 e. The second-order valence-corrected chi connectivity index (χ2v) is 11.4. The molecule has 1 aromatic heterocycles. The van der Waals surface area contributed by atoms with Crippen molar-refractivity contribution in [2.75, 3.05) is 29.9 Å². The summed E-state index contributed by atoms with van der Waals surface area (Å²) in [5, 5.41) is 12.9. The minimum absolute atomic E-state index is 0.00214. The summed E-state index contributed by atoms with van der Waals surface area (Å²) in [5.41, 5.74) is 2.65. The number of aromatic nitrogens is 3. The summed E-state index contributed by atoms with van der Waals surface area (Å²) in [6.07, 6.45) is 1.35. The first-order chi connectivity index (χ1) is 20.6. The summed E-state index contributed by atoms with van der Waals surface area (Å²) >= 11 is 0. The Bertz CT molecular complexity index is 1900. The molecule has 1 N–H and O–H groups in total. The number of carbonyl (C=O) groups excluding carboxylic acids is 1. The van der Waals surface area contributed by atoms with Crippen LogP contribution in [-0.4, -0.2) is 51.0 Å². The molecule has 8 nitrogen and oxygen atoms in total. The zero-order chi connectivity index (χ0) is 30.5. The van der Waals surface area contributed by atoms with E-state index < -0.39 is 17.2 Å². The standard InChI is InChI=1S/C33H32F2N6O2/c1-6-30(42)41-15-14-40(19-33(41,3)4)22-11-10-21-8-7-9-26(24(21)16-22)36-28-18-25(34)32(20(2)31(28)35)43-23-12-13-29-27(17-23)37-38-39(29)5/h6-13,16-18,36H,1,14-15,19H2,2-5H3. The topological polar surface area (TPSA) is 75.5 Å². The maximum Gasteiger partial charge on any atom is 0.246 e. The van der Waals surface area contributed by atoms with Crippen LogP contribution in [0.2, 0.25) is 0 Å². The average molecular weight is 583 g/mol. The van der Waals surface area contributed by atoms with Crippen molar-refractivity contribution in [2.45, 2.75) is 26.3 Å². The number of aryl methyl sites for hydroxylation is 1. The molecule has 6 rings (SSSR count). The van der Waals surface area contributed by atoms with Crippen molar-refractivity contribution in [3.05, 3.63) is 90.5 Å². The number of hydrogen-bond acceptors (Lipinski definition) is 6. The monoisotopic (exact) mass is 582 g/mol. The Hall–Kier alpha value is -4.99. The predicted octanol–water partition coefficient (Wildman–Crippen LogP) is 6.86. The van der Waals surface area contributed by atoms with E-state index in [9.17, 15) is 4.79 Å². The third-order valence-electron chi connectivity index (χ3n) is 8.04. The largest absolute Gasteiger partial charge is 0.454 e. The van der Waals surface area contributed by atoms with Gasteiger partial charge >= 0.3 is 0 Å².